The molecule has 41 heavy (non-hydrogen) atoms. The van der Waals surface area contributed by atoms with Crippen molar-refractivity contribution in [1.82, 2.24) is 34.4 Å². The van der Waals surface area contributed by atoms with Crippen molar-refractivity contribution in [2.24, 2.45) is 5.92 Å². The first-order valence-electron chi connectivity index (χ1n) is 13.8. The number of halogens is 4. The van der Waals surface area contributed by atoms with E-state index in [1.807, 2.05) is 0 Å². The van der Waals surface area contributed by atoms with Crippen LogP contribution in [0.3, 0.4) is 0 Å². The number of alkyl halides is 3. The van der Waals surface area contributed by atoms with E-state index in [0.717, 1.165) is 25.3 Å². The molecule has 0 radical (unpaired) electrons. The Kier molecular flexibility index (Phi) is 7.33. The summed E-state index contributed by atoms with van der Waals surface area (Å²) in [5.74, 6) is 1.44. The molecule has 0 spiro atoms. The van der Waals surface area contributed by atoms with Crippen molar-refractivity contribution in [1.29, 1.82) is 0 Å². The first-order valence-corrected chi connectivity index (χ1v) is 14.1. The Morgan fingerprint density at radius 2 is 2.00 bits per heavy atom. The lowest BCUT2D eigenvalue weighted by molar-refractivity contribution is -0.137. The van der Waals surface area contributed by atoms with E-state index in [9.17, 15) is 18.3 Å². The monoisotopic (exact) mass is 592 g/mol. The van der Waals surface area contributed by atoms with Gasteiger partial charge in [0.1, 0.15) is 23.8 Å². The van der Waals surface area contributed by atoms with Gasteiger partial charge in [0.2, 0.25) is 0 Å². The maximum absolute atomic E-state index is 13.2. The average molecular weight is 593 g/mol. The van der Waals surface area contributed by atoms with Crippen molar-refractivity contribution in [3.8, 4) is 0 Å². The molecule has 4 N–H and O–H groups in total. The van der Waals surface area contributed by atoms with Crippen LogP contribution in [0.25, 0.3) is 22.2 Å². The first-order chi connectivity index (χ1) is 19.5. The van der Waals surface area contributed by atoms with Gasteiger partial charge in [-0.15, -0.1) is 0 Å². The van der Waals surface area contributed by atoms with Crippen LogP contribution < -0.4 is 5.73 Å². The third-order valence-electron chi connectivity index (χ3n) is 8.30. The maximum Gasteiger partial charge on any atom is 0.417 e. The van der Waals surface area contributed by atoms with Crippen LogP contribution in [0, 0.1) is 5.92 Å². The van der Waals surface area contributed by atoms with Crippen molar-refractivity contribution in [3.63, 3.8) is 0 Å². The van der Waals surface area contributed by atoms with E-state index in [-0.39, 0.29) is 16.9 Å². The minimum Gasteiger partial charge on any atom is -0.388 e. The summed E-state index contributed by atoms with van der Waals surface area (Å²) >= 11 is 5.84. The summed E-state index contributed by atoms with van der Waals surface area (Å²) < 4.78 is 47.6. The third-order valence-corrected chi connectivity index (χ3v) is 8.61. The number of benzene rings is 1. The molecule has 0 unspecified atom stereocenters. The molecule has 1 saturated carbocycles. The minimum absolute atomic E-state index is 0.156. The Labute approximate surface area is 239 Å². The highest BCUT2D eigenvalue weighted by Crippen LogP contribution is 2.39. The summed E-state index contributed by atoms with van der Waals surface area (Å²) in [5.41, 5.74) is 6.83. The van der Waals surface area contributed by atoms with E-state index >= 15 is 0 Å². The second-order valence-corrected chi connectivity index (χ2v) is 11.8. The number of nitrogens with zero attached hydrogens (tertiary/aromatic N) is 6. The van der Waals surface area contributed by atoms with Crippen LogP contribution in [0.1, 0.15) is 57.1 Å². The average Bonchev–Trinajstić information content (AvgIpc) is 3.57. The van der Waals surface area contributed by atoms with E-state index in [4.69, 9.17) is 22.1 Å². The maximum atomic E-state index is 13.2. The number of nitrogen functional groups attached to an aromatic ring is 1. The topological polar surface area (TPSA) is 131 Å². The molecule has 0 bridgehead atoms. The van der Waals surface area contributed by atoms with Gasteiger partial charge in [0.15, 0.2) is 17.7 Å². The van der Waals surface area contributed by atoms with E-state index in [0.29, 0.717) is 65.4 Å². The number of imidazole rings is 2. The summed E-state index contributed by atoms with van der Waals surface area (Å²) in [4.78, 5) is 22.5. The molecular weight excluding hydrogens is 561 g/mol. The van der Waals surface area contributed by atoms with Gasteiger partial charge in [-0.05, 0) is 51.2 Å². The number of nitrogens with one attached hydrogen (secondary N) is 1. The molecule has 2 fully saturated rings. The Morgan fingerprint density at radius 1 is 1.22 bits per heavy atom. The highest BCUT2D eigenvalue weighted by Gasteiger charge is 2.41. The molecule has 4 aromatic rings. The van der Waals surface area contributed by atoms with Crippen LogP contribution in [0.15, 0.2) is 24.8 Å². The van der Waals surface area contributed by atoms with Crippen LogP contribution in [0.5, 0.6) is 0 Å². The normalized spacial score (nSPS) is 25.1. The number of H-pyrrole nitrogens is 1. The summed E-state index contributed by atoms with van der Waals surface area (Å²) in [6.07, 6.45) is 1.04. The van der Waals surface area contributed by atoms with Crippen LogP contribution in [0.4, 0.5) is 19.0 Å². The van der Waals surface area contributed by atoms with Crippen molar-refractivity contribution >= 4 is 39.6 Å². The SMILES string of the molecule is CC(C)N(C[C@@H]1C[C@@H](O)[C@H](n2cnc3c(N)ncnc32)O1)C1CC(CCc2nc3cc(Cl)c(C(F)(F)F)cc3[nH]2)C1. The summed E-state index contributed by atoms with van der Waals surface area (Å²) in [7, 11) is 0. The standard InChI is InChI=1S/C27H32ClF3N8O2/c1-13(2)38(10-16-7-21(40)26(41-16)39-12-35-23-24(32)33-11-34-25(23)39)15-5-14(6-15)3-4-22-36-19-8-17(27(29,30)31)18(28)9-20(19)37-22/h8-9,11-16,21,26,40H,3-7,10H2,1-2H3,(H,36,37)(H2,32,33,34)/t14?,15?,16-,21+,26+/m0/s1. The number of aromatic nitrogens is 6. The first kappa shape index (κ1) is 28.1. The Morgan fingerprint density at radius 3 is 2.73 bits per heavy atom. The van der Waals surface area contributed by atoms with Gasteiger partial charge in [-0.3, -0.25) is 9.47 Å². The molecule has 4 heterocycles. The number of ether oxygens (including phenoxy) is 1. The molecule has 3 aromatic heterocycles. The number of aliphatic hydroxyl groups is 1. The van der Waals surface area contributed by atoms with E-state index < -0.39 is 24.1 Å². The summed E-state index contributed by atoms with van der Waals surface area (Å²) in [6.45, 7) is 5.01. The number of aryl methyl sites for hydroxylation is 1. The number of hydrogen-bond donors (Lipinski definition) is 3. The predicted molar refractivity (Wildman–Crippen MR) is 147 cm³/mol. The molecule has 1 aliphatic carbocycles. The van der Waals surface area contributed by atoms with Crippen molar-refractivity contribution in [2.75, 3.05) is 12.3 Å². The van der Waals surface area contributed by atoms with Gasteiger partial charge in [-0.25, -0.2) is 19.9 Å². The lowest BCUT2D eigenvalue weighted by Crippen LogP contribution is -2.50. The van der Waals surface area contributed by atoms with Gasteiger partial charge in [0, 0.05) is 31.5 Å². The summed E-state index contributed by atoms with van der Waals surface area (Å²) in [5, 5.41) is 10.5. The van der Waals surface area contributed by atoms with E-state index in [1.165, 1.54) is 12.4 Å². The second-order valence-electron chi connectivity index (χ2n) is 11.4. The van der Waals surface area contributed by atoms with Gasteiger partial charge in [0.05, 0.1) is 34.1 Å². The summed E-state index contributed by atoms with van der Waals surface area (Å²) in [6, 6.07) is 2.99. The molecule has 2 aliphatic rings. The fourth-order valence-electron chi connectivity index (χ4n) is 6.14. The third kappa shape index (κ3) is 5.47. The van der Waals surface area contributed by atoms with Crippen LogP contribution in [-0.2, 0) is 17.3 Å². The minimum atomic E-state index is -4.51. The molecule has 1 aliphatic heterocycles. The molecule has 6 rings (SSSR count). The Bertz CT molecular complexity index is 1550. The van der Waals surface area contributed by atoms with Crippen LogP contribution in [0.2, 0.25) is 5.02 Å². The Balaban J connectivity index is 1.04. The largest absolute Gasteiger partial charge is 0.417 e. The number of aromatic amines is 1. The zero-order chi connectivity index (χ0) is 29.1. The van der Waals surface area contributed by atoms with Crippen molar-refractivity contribution in [3.05, 3.63) is 41.2 Å². The smallest absolute Gasteiger partial charge is 0.388 e. The van der Waals surface area contributed by atoms with Gasteiger partial charge in [-0.2, -0.15) is 13.2 Å². The highest BCUT2D eigenvalue weighted by atomic mass is 35.5. The number of nitrogens with two attached hydrogens (primary N) is 1. The van der Waals surface area contributed by atoms with Gasteiger partial charge < -0.3 is 20.6 Å². The van der Waals surface area contributed by atoms with E-state index in [1.54, 1.807) is 10.9 Å². The zero-order valence-corrected chi connectivity index (χ0v) is 23.4. The Hall–Kier alpha value is -3.00. The quantitative estimate of drug-likeness (QED) is 0.268. The number of aliphatic hydroxyl groups excluding tert-OH is 1. The second kappa shape index (κ2) is 10.7. The lowest BCUT2D eigenvalue weighted by atomic mass is 9.76. The molecule has 10 nitrogen and oxygen atoms in total. The molecule has 0 amide bonds. The lowest BCUT2D eigenvalue weighted by Gasteiger charge is -2.46. The van der Waals surface area contributed by atoms with Gasteiger partial charge in [0.25, 0.3) is 0 Å². The van der Waals surface area contributed by atoms with Crippen molar-refractivity contribution < 1.29 is 23.0 Å². The van der Waals surface area contributed by atoms with Gasteiger partial charge in [-0.1, -0.05) is 11.6 Å². The molecule has 1 aromatic carbocycles. The highest BCUT2D eigenvalue weighted by molar-refractivity contribution is 6.32. The molecular formula is C27H32ClF3N8O2. The zero-order valence-electron chi connectivity index (χ0n) is 22.6. The molecule has 1 saturated heterocycles. The van der Waals surface area contributed by atoms with Crippen molar-refractivity contribution in [2.45, 2.75) is 82.6 Å². The number of rotatable bonds is 8. The molecule has 14 heteroatoms. The fraction of sp³-hybridized carbons (Fsp3) is 0.556. The van der Waals surface area contributed by atoms with Gasteiger partial charge >= 0.3 is 6.18 Å². The number of anilines is 1. The number of hydrogen-bond acceptors (Lipinski definition) is 8. The van der Waals surface area contributed by atoms with Crippen LogP contribution >= 0.6 is 11.6 Å². The van der Waals surface area contributed by atoms with E-state index in [2.05, 4.69) is 43.7 Å². The van der Waals surface area contributed by atoms with Crippen LogP contribution in [-0.4, -0.2) is 70.3 Å². The number of fused-ring (bicyclic) bond motifs is 2. The fourth-order valence-corrected chi connectivity index (χ4v) is 6.40. The predicted octanol–water partition coefficient (Wildman–Crippen LogP) is 4.73. The molecule has 3 atom stereocenters. The molecule has 220 valence electrons.